The van der Waals surface area contributed by atoms with Crippen LogP contribution in [0.1, 0.15) is 27.2 Å². The van der Waals surface area contributed by atoms with Crippen LogP contribution in [0.3, 0.4) is 0 Å². The summed E-state index contributed by atoms with van der Waals surface area (Å²) in [5, 5.41) is 16.0. The van der Waals surface area contributed by atoms with Gasteiger partial charge in [0.1, 0.15) is 0 Å². The molecule has 0 atom stereocenters. The second-order valence-corrected chi connectivity index (χ2v) is 5.90. The highest BCUT2D eigenvalue weighted by molar-refractivity contribution is 7.99. The molecular formula is C12H23N5S. The first-order valence-corrected chi connectivity index (χ1v) is 7.32. The Morgan fingerprint density at radius 1 is 1.50 bits per heavy atom. The van der Waals surface area contributed by atoms with E-state index >= 15 is 0 Å². The van der Waals surface area contributed by atoms with Crippen molar-refractivity contribution in [2.24, 2.45) is 5.92 Å². The highest BCUT2D eigenvalue weighted by Crippen LogP contribution is 2.16. The maximum absolute atomic E-state index is 4.03. The zero-order valence-electron chi connectivity index (χ0n) is 11.5. The summed E-state index contributed by atoms with van der Waals surface area (Å²) in [6, 6.07) is 0. The molecule has 0 aliphatic heterocycles. The zero-order valence-corrected chi connectivity index (χ0v) is 12.3. The average molecular weight is 269 g/mol. The van der Waals surface area contributed by atoms with E-state index < -0.39 is 0 Å². The topological polar surface area (TPSA) is 55.6 Å². The minimum atomic E-state index is 0.670. The van der Waals surface area contributed by atoms with Gasteiger partial charge in [-0.3, -0.25) is 0 Å². The van der Waals surface area contributed by atoms with Crippen molar-refractivity contribution < 1.29 is 0 Å². The Labute approximate surface area is 113 Å². The molecule has 0 aliphatic rings. The van der Waals surface area contributed by atoms with Gasteiger partial charge in [-0.05, 0) is 36.2 Å². The van der Waals surface area contributed by atoms with Gasteiger partial charge >= 0.3 is 0 Å². The number of rotatable bonds is 9. The Kier molecular flexibility index (Phi) is 6.97. The molecule has 0 amide bonds. The number of tetrazole rings is 1. The van der Waals surface area contributed by atoms with Crippen molar-refractivity contribution in [3.8, 4) is 0 Å². The maximum atomic E-state index is 4.03. The Morgan fingerprint density at radius 3 is 2.94 bits per heavy atom. The molecule has 1 rings (SSSR count). The van der Waals surface area contributed by atoms with Gasteiger partial charge in [-0.25, -0.2) is 4.68 Å². The molecule has 0 bridgehead atoms. The first-order valence-electron chi connectivity index (χ1n) is 6.33. The molecule has 6 heteroatoms. The van der Waals surface area contributed by atoms with Crippen molar-refractivity contribution in [2.45, 2.75) is 38.9 Å². The van der Waals surface area contributed by atoms with E-state index in [1.54, 1.807) is 11.8 Å². The molecule has 1 heterocycles. The smallest absolute Gasteiger partial charge is 0.209 e. The van der Waals surface area contributed by atoms with E-state index in [-0.39, 0.29) is 0 Å². The first-order chi connectivity index (χ1) is 8.59. The number of hydrogen-bond donors (Lipinski definition) is 1. The monoisotopic (exact) mass is 269 g/mol. The molecule has 1 aromatic rings. The Hall–Kier alpha value is -0.880. The number of hydrogen-bond acceptors (Lipinski definition) is 5. The van der Waals surface area contributed by atoms with Gasteiger partial charge in [0.25, 0.3) is 0 Å². The zero-order chi connectivity index (χ0) is 13.4. The van der Waals surface area contributed by atoms with E-state index in [1.807, 2.05) is 11.6 Å². The second kappa shape index (κ2) is 8.26. The molecule has 1 aromatic heterocycles. The van der Waals surface area contributed by atoms with Crippen LogP contribution in [0.25, 0.3) is 0 Å². The number of aromatic nitrogens is 4. The molecule has 0 fully saturated rings. The lowest BCUT2D eigenvalue weighted by Crippen LogP contribution is -2.24. The van der Waals surface area contributed by atoms with Crippen LogP contribution in [0.5, 0.6) is 0 Å². The summed E-state index contributed by atoms with van der Waals surface area (Å²) < 4.78 is 1.86. The van der Waals surface area contributed by atoms with Crippen molar-refractivity contribution in [1.29, 1.82) is 0 Å². The van der Waals surface area contributed by atoms with Crippen molar-refractivity contribution in [1.82, 2.24) is 25.5 Å². The maximum Gasteiger partial charge on any atom is 0.209 e. The molecule has 18 heavy (non-hydrogen) atoms. The van der Waals surface area contributed by atoms with Gasteiger partial charge in [-0.15, -0.1) is 11.7 Å². The van der Waals surface area contributed by atoms with E-state index in [9.17, 15) is 0 Å². The molecule has 0 saturated carbocycles. The third-order valence-corrected chi connectivity index (χ3v) is 3.27. The molecule has 0 unspecified atom stereocenters. The highest BCUT2D eigenvalue weighted by atomic mass is 32.2. The minimum absolute atomic E-state index is 0.670. The fourth-order valence-corrected chi connectivity index (χ4v) is 2.34. The van der Waals surface area contributed by atoms with Crippen LogP contribution in [0.2, 0.25) is 0 Å². The van der Waals surface area contributed by atoms with Gasteiger partial charge in [0.05, 0.1) is 6.54 Å². The highest BCUT2D eigenvalue weighted by Gasteiger charge is 2.06. The molecule has 5 nitrogen and oxygen atoms in total. The summed E-state index contributed by atoms with van der Waals surface area (Å²) in [4.78, 5) is 0. The van der Waals surface area contributed by atoms with Gasteiger partial charge < -0.3 is 5.32 Å². The van der Waals surface area contributed by atoms with Crippen LogP contribution in [0.4, 0.5) is 0 Å². The summed E-state index contributed by atoms with van der Waals surface area (Å²) in [5.74, 6) is 1.65. The largest absolute Gasteiger partial charge is 0.315 e. The Balaban J connectivity index is 2.28. The van der Waals surface area contributed by atoms with Gasteiger partial charge in [0.2, 0.25) is 5.16 Å². The molecular weight excluding hydrogens is 246 g/mol. The van der Waals surface area contributed by atoms with Crippen LogP contribution in [0.15, 0.2) is 17.3 Å². The van der Waals surface area contributed by atoms with E-state index in [1.165, 1.54) is 5.57 Å². The summed E-state index contributed by atoms with van der Waals surface area (Å²) >= 11 is 1.68. The molecule has 0 aromatic carbocycles. The first kappa shape index (κ1) is 15.2. The average Bonchev–Trinajstić information content (AvgIpc) is 2.71. The molecule has 102 valence electrons. The quantitative estimate of drug-likeness (QED) is 0.422. The van der Waals surface area contributed by atoms with E-state index in [2.05, 4.69) is 41.3 Å². The normalized spacial score (nSPS) is 11.1. The van der Waals surface area contributed by atoms with Gasteiger partial charge in [0.15, 0.2) is 0 Å². The standard InChI is InChI=1S/C12H23N5S/c1-10(2)5-8-18-12-14-15-16-17(12)7-6-13-9-11(3)4/h11,13H,1,5-9H2,2-4H3. The second-order valence-electron chi connectivity index (χ2n) is 4.84. The van der Waals surface area contributed by atoms with E-state index in [4.69, 9.17) is 0 Å². The summed E-state index contributed by atoms with van der Waals surface area (Å²) in [5.41, 5.74) is 1.19. The van der Waals surface area contributed by atoms with Crippen molar-refractivity contribution in [2.75, 3.05) is 18.8 Å². The third-order valence-electron chi connectivity index (χ3n) is 2.31. The lowest BCUT2D eigenvalue weighted by atomic mass is 10.2. The van der Waals surface area contributed by atoms with Gasteiger partial charge in [-0.2, -0.15) is 0 Å². The van der Waals surface area contributed by atoms with E-state index in [0.29, 0.717) is 5.92 Å². The molecule has 0 saturated heterocycles. The molecule has 0 spiro atoms. The number of thioether (sulfide) groups is 1. The number of nitrogens with one attached hydrogen (secondary N) is 1. The van der Waals surface area contributed by atoms with Crippen LogP contribution >= 0.6 is 11.8 Å². The number of nitrogens with zero attached hydrogens (tertiary/aromatic N) is 4. The summed E-state index contributed by atoms with van der Waals surface area (Å²) in [7, 11) is 0. The third kappa shape index (κ3) is 6.16. The molecule has 0 radical (unpaired) electrons. The van der Waals surface area contributed by atoms with Crippen LogP contribution < -0.4 is 5.32 Å². The van der Waals surface area contributed by atoms with Crippen molar-refractivity contribution >= 4 is 11.8 Å². The van der Waals surface area contributed by atoms with Crippen molar-refractivity contribution in [3.05, 3.63) is 12.2 Å². The Bertz CT molecular complexity index is 361. The van der Waals surface area contributed by atoms with Crippen LogP contribution in [-0.2, 0) is 6.54 Å². The van der Waals surface area contributed by atoms with Gasteiger partial charge in [-0.1, -0.05) is 31.2 Å². The Morgan fingerprint density at radius 2 is 2.28 bits per heavy atom. The lowest BCUT2D eigenvalue weighted by molar-refractivity contribution is 0.482. The van der Waals surface area contributed by atoms with Crippen LogP contribution in [0, 0.1) is 5.92 Å². The SMILES string of the molecule is C=C(C)CCSc1nnnn1CCNCC(C)C. The van der Waals surface area contributed by atoms with E-state index in [0.717, 1.165) is 37.0 Å². The summed E-state index contributed by atoms with van der Waals surface area (Å²) in [6.07, 6.45) is 1.00. The van der Waals surface area contributed by atoms with Crippen molar-refractivity contribution in [3.63, 3.8) is 0 Å². The van der Waals surface area contributed by atoms with Crippen LogP contribution in [-0.4, -0.2) is 39.0 Å². The predicted octanol–water partition coefficient (Wildman–Crippen LogP) is 1.98. The lowest BCUT2D eigenvalue weighted by Gasteiger charge is -2.08. The number of allylic oxidation sites excluding steroid dienone is 1. The fourth-order valence-electron chi connectivity index (χ4n) is 1.33. The fraction of sp³-hybridized carbons (Fsp3) is 0.750. The molecule has 1 N–H and O–H groups in total. The van der Waals surface area contributed by atoms with Gasteiger partial charge in [0, 0.05) is 12.3 Å². The summed E-state index contributed by atoms with van der Waals surface area (Å²) in [6.45, 7) is 13.1. The predicted molar refractivity (Wildman–Crippen MR) is 75.7 cm³/mol. The molecule has 0 aliphatic carbocycles. The minimum Gasteiger partial charge on any atom is -0.315 e.